The SMILES string of the molecule is Cc1ccc(C)c(-n2c(C)cc(/C=C3/C(=N)N4N=C(COc5ccccc5)SC4=NC3=O)c2C)c1. The largest absolute Gasteiger partial charge is 0.487 e. The first kappa shape index (κ1) is 22.9. The maximum absolute atomic E-state index is 12.9. The Labute approximate surface area is 208 Å². The summed E-state index contributed by atoms with van der Waals surface area (Å²) in [7, 11) is 0. The summed E-state index contributed by atoms with van der Waals surface area (Å²) in [6.45, 7) is 8.47. The molecule has 0 atom stereocenters. The zero-order chi connectivity index (χ0) is 24.7. The smallest absolute Gasteiger partial charge is 0.283 e. The second-order valence-corrected chi connectivity index (χ2v) is 9.61. The maximum atomic E-state index is 12.9. The number of fused-ring (bicyclic) bond motifs is 1. The normalized spacial score (nSPS) is 16.5. The van der Waals surface area contributed by atoms with Crippen molar-refractivity contribution in [2.24, 2.45) is 10.1 Å². The maximum Gasteiger partial charge on any atom is 0.283 e. The van der Waals surface area contributed by atoms with E-state index in [4.69, 9.17) is 10.1 Å². The van der Waals surface area contributed by atoms with Gasteiger partial charge in [-0.05, 0) is 86.5 Å². The fraction of sp³-hybridized carbons (Fsp3) is 0.185. The molecule has 2 aliphatic heterocycles. The molecule has 176 valence electrons. The Balaban J connectivity index is 1.43. The van der Waals surface area contributed by atoms with Crippen LogP contribution >= 0.6 is 11.8 Å². The Kier molecular flexibility index (Phi) is 5.90. The zero-order valence-electron chi connectivity index (χ0n) is 20.0. The second kappa shape index (κ2) is 9.03. The molecule has 0 spiro atoms. The van der Waals surface area contributed by atoms with Crippen molar-refractivity contribution in [2.75, 3.05) is 6.61 Å². The minimum absolute atomic E-state index is 0.0127. The van der Waals surface area contributed by atoms with Crippen LogP contribution in [0.25, 0.3) is 11.8 Å². The van der Waals surface area contributed by atoms with Gasteiger partial charge >= 0.3 is 0 Å². The highest BCUT2D eigenvalue weighted by Crippen LogP contribution is 2.30. The van der Waals surface area contributed by atoms with Gasteiger partial charge in [-0.3, -0.25) is 10.2 Å². The molecule has 35 heavy (non-hydrogen) atoms. The molecule has 0 saturated heterocycles. The van der Waals surface area contributed by atoms with Gasteiger partial charge < -0.3 is 9.30 Å². The molecule has 2 aliphatic rings. The predicted molar refractivity (Wildman–Crippen MR) is 142 cm³/mol. The summed E-state index contributed by atoms with van der Waals surface area (Å²) in [5, 5.41) is 15.6. The molecule has 1 aromatic heterocycles. The van der Waals surface area contributed by atoms with Crippen LogP contribution in [0.5, 0.6) is 5.75 Å². The van der Waals surface area contributed by atoms with Crippen molar-refractivity contribution in [3.05, 3.63) is 88.2 Å². The number of carbonyl (C=O) groups excluding carboxylic acids is 1. The van der Waals surface area contributed by atoms with Gasteiger partial charge in [-0.15, -0.1) is 0 Å². The number of ether oxygens (including phenoxy) is 1. The van der Waals surface area contributed by atoms with Crippen LogP contribution in [0, 0.1) is 33.1 Å². The number of hydrogen-bond acceptors (Lipinski definition) is 5. The molecule has 0 fully saturated rings. The lowest BCUT2D eigenvalue weighted by molar-refractivity contribution is -0.114. The fourth-order valence-corrected chi connectivity index (χ4v) is 4.97. The van der Waals surface area contributed by atoms with Gasteiger partial charge in [-0.1, -0.05) is 30.3 Å². The van der Waals surface area contributed by atoms with Crippen LogP contribution in [-0.2, 0) is 4.79 Å². The lowest BCUT2D eigenvalue weighted by atomic mass is 10.1. The summed E-state index contributed by atoms with van der Waals surface area (Å²) >= 11 is 1.25. The molecule has 1 N–H and O–H groups in total. The van der Waals surface area contributed by atoms with Crippen LogP contribution in [0.4, 0.5) is 0 Å². The average molecular weight is 484 g/mol. The molecule has 7 nitrogen and oxygen atoms in total. The van der Waals surface area contributed by atoms with E-state index in [1.54, 1.807) is 6.08 Å². The second-order valence-electron chi connectivity index (χ2n) is 8.57. The first-order valence-corrected chi connectivity index (χ1v) is 12.1. The molecule has 0 unspecified atom stereocenters. The van der Waals surface area contributed by atoms with Gasteiger partial charge in [0.1, 0.15) is 17.4 Å². The van der Waals surface area contributed by atoms with Crippen LogP contribution < -0.4 is 4.74 Å². The Bertz CT molecular complexity index is 1450. The molecule has 0 bridgehead atoms. The van der Waals surface area contributed by atoms with E-state index in [1.807, 2.05) is 50.2 Å². The van der Waals surface area contributed by atoms with E-state index in [9.17, 15) is 4.79 Å². The topological polar surface area (TPSA) is 83.0 Å². The number of aromatic nitrogens is 1. The van der Waals surface area contributed by atoms with Crippen LogP contribution in [0.3, 0.4) is 0 Å². The number of aryl methyl sites for hydroxylation is 3. The number of para-hydroxylation sites is 1. The van der Waals surface area contributed by atoms with E-state index in [1.165, 1.54) is 27.9 Å². The Hall–Kier alpha value is -3.91. The van der Waals surface area contributed by atoms with E-state index in [0.717, 1.165) is 28.4 Å². The first-order valence-electron chi connectivity index (χ1n) is 11.3. The van der Waals surface area contributed by atoms with E-state index in [0.29, 0.717) is 10.2 Å². The van der Waals surface area contributed by atoms with E-state index in [-0.39, 0.29) is 18.0 Å². The highest BCUT2D eigenvalue weighted by Gasteiger charge is 2.36. The van der Waals surface area contributed by atoms with Gasteiger partial charge in [0.15, 0.2) is 5.84 Å². The van der Waals surface area contributed by atoms with Crippen molar-refractivity contribution in [3.63, 3.8) is 0 Å². The number of nitrogens with zero attached hydrogens (tertiary/aromatic N) is 4. The number of benzene rings is 2. The number of thioether (sulfide) groups is 1. The van der Waals surface area contributed by atoms with E-state index >= 15 is 0 Å². The summed E-state index contributed by atoms with van der Waals surface area (Å²) in [5.41, 5.74) is 6.59. The number of amidine groups is 2. The van der Waals surface area contributed by atoms with Gasteiger partial charge in [0.25, 0.3) is 5.91 Å². The molecule has 3 heterocycles. The van der Waals surface area contributed by atoms with Crippen LogP contribution in [0.2, 0.25) is 0 Å². The summed E-state index contributed by atoms with van der Waals surface area (Å²) in [6.07, 6.45) is 1.74. The Morgan fingerprint density at radius 1 is 1.06 bits per heavy atom. The van der Waals surface area contributed by atoms with Gasteiger partial charge in [0.2, 0.25) is 5.17 Å². The van der Waals surface area contributed by atoms with E-state index < -0.39 is 5.91 Å². The number of carbonyl (C=O) groups is 1. The lowest BCUT2D eigenvalue weighted by Crippen LogP contribution is -2.35. The highest BCUT2D eigenvalue weighted by atomic mass is 32.2. The number of rotatable bonds is 5. The minimum Gasteiger partial charge on any atom is -0.487 e. The molecule has 5 rings (SSSR count). The molecular weight excluding hydrogens is 458 g/mol. The predicted octanol–water partition coefficient (Wildman–Crippen LogP) is 5.41. The van der Waals surface area contributed by atoms with Crippen molar-refractivity contribution in [3.8, 4) is 11.4 Å². The molecule has 0 saturated carbocycles. The first-order chi connectivity index (χ1) is 16.8. The molecule has 2 aromatic carbocycles. The summed E-state index contributed by atoms with van der Waals surface area (Å²) in [4.78, 5) is 17.1. The quantitative estimate of drug-likeness (QED) is 0.492. The molecule has 1 amide bonds. The monoisotopic (exact) mass is 483 g/mol. The Morgan fingerprint density at radius 2 is 1.83 bits per heavy atom. The summed E-state index contributed by atoms with van der Waals surface area (Å²) < 4.78 is 7.95. The Morgan fingerprint density at radius 3 is 2.60 bits per heavy atom. The zero-order valence-corrected chi connectivity index (χ0v) is 20.8. The molecule has 0 aliphatic carbocycles. The summed E-state index contributed by atoms with van der Waals surface area (Å²) in [6, 6.07) is 17.9. The molecular formula is C27H25N5O2S. The minimum atomic E-state index is -0.439. The lowest BCUT2D eigenvalue weighted by Gasteiger charge is -2.20. The van der Waals surface area contributed by atoms with Crippen LogP contribution in [0.15, 0.2) is 70.3 Å². The van der Waals surface area contributed by atoms with Gasteiger partial charge in [-0.25, -0.2) is 0 Å². The van der Waals surface area contributed by atoms with Crippen LogP contribution in [-0.4, -0.2) is 38.1 Å². The van der Waals surface area contributed by atoms with Crippen molar-refractivity contribution in [2.45, 2.75) is 27.7 Å². The fourth-order valence-electron chi connectivity index (χ4n) is 4.17. The number of hydrogen-bond donors (Lipinski definition) is 1. The molecule has 8 heteroatoms. The van der Waals surface area contributed by atoms with Crippen LogP contribution in [0.1, 0.15) is 28.1 Å². The number of aliphatic imine (C=N–C) groups is 1. The third kappa shape index (κ3) is 4.33. The van der Waals surface area contributed by atoms with Gasteiger partial charge in [-0.2, -0.15) is 15.1 Å². The number of nitrogens with one attached hydrogen (secondary N) is 1. The van der Waals surface area contributed by atoms with Crippen molar-refractivity contribution in [1.29, 1.82) is 5.41 Å². The highest BCUT2D eigenvalue weighted by molar-refractivity contribution is 8.27. The number of amides is 1. The summed E-state index contributed by atoms with van der Waals surface area (Å²) in [5.74, 6) is 0.304. The van der Waals surface area contributed by atoms with Crippen molar-refractivity contribution in [1.82, 2.24) is 9.58 Å². The standard InChI is InChI=1S/C27H25N5O2S/c1-16-10-11-17(2)23(12-16)31-18(3)13-20(19(31)4)14-22-25(28)32-27(29-26(22)33)35-24(30-32)15-34-21-8-6-5-7-9-21/h5-14,28H,15H2,1-4H3/b22-14-,28-25?. The number of hydrazone groups is 1. The molecule has 0 radical (unpaired) electrons. The van der Waals surface area contributed by atoms with Gasteiger partial charge in [0, 0.05) is 17.1 Å². The van der Waals surface area contributed by atoms with Crippen molar-refractivity contribution >= 4 is 39.8 Å². The molecule has 3 aromatic rings. The van der Waals surface area contributed by atoms with Crippen molar-refractivity contribution < 1.29 is 9.53 Å². The van der Waals surface area contributed by atoms with Gasteiger partial charge in [0.05, 0.1) is 5.57 Å². The van der Waals surface area contributed by atoms with E-state index in [2.05, 4.69) is 46.7 Å². The third-order valence-electron chi connectivity index (χ3n) is 5.98. The average Bonchev–Trinajstić information content (AvgIpc) is 3.37. The third-order valence-corrected chi connectivity index (χ3v) is 6.86.